The van der Waals surface area contributed by atoms with E-state index >= 15 is 0 Å². The van der Waals surface area contributed by atoms with Crippen LogP contribution in [-0.4, -0.2) is 6.61 Å². The fourth-order valence-corrected chi connectivity index (χ4v) is 1.42. The molecular formula is C13H20NO. The van der Waals surface area contributed by atoms with E-state index in [2.05, 4.69) is 13.0 Å². The lowest BCUT2D eigenvalue weighted by Crippen LogP contribution is -2.14. The molecule has 0 saturated heterocycles. The van der Waals surface area contributed by atoms with E-state index in [4.69, 9.17) is 10.5 Å². The van der Waals surface area contributed by atoms with Gasteiger partial charge in [0.1, 0.15) is 6.23 Å². The molecule has 1 radical (unpaired) electrons. The molecule has 15 heavy (non-hydrogen) atoms. The third-order valence-electron chi connectivity index (χ3n) is 2.37. The minimum atomic E-state index is -0.291. The van der Waals surface area contributed by atoms with Crippen LogP contribution in [0.5, 0.6) is 0 Å². The third-order valence-corrected chi connectivity index (χ3v) is 2.37. The Labute approximate surface area is 92.4 Å². The van der Waals surface area contributed by atoms with Crippen LogP contribution in [0.25, 0.3) is 0 Å². The van der Waals surface area contributed by atoms with Gasteiger partial charge in [-0.25, -0.2) is 0 Å². The number of unbranched alkanes of at least 4 members (excludes halogenated alkanes) is 3. The Morgan fingerprint density at radius 2 is 2.00 bits per heavy atom. The van der Waals surface area contributed by atoms with Gasteiger partial charge in [-0.3, -0.25) is 0 Å². The number of hydrogen-bond acceptors (Lipinski definition) is 2. The summed E-state index contributed by atoms with van der Waals surface area (Å²) in [5.41, 5.74) is 6.89. The van der Waals surface area contributed by atoms with Gasteiger partial charge in [-0.15, -0.1) is 0 Å². The molecule has 1 atom stereocenters. The van der Waals surface area contributed by atoms with E-state index in [1.165, 1.54) is 19.3 Å². The van der Waals surface area contributed by atoms with Crippen LogP contribution in [0, 0.1) is 6.07 Å². The lowest BCUT2D eigenvalue weighted by atomic mass is 10.2. The molecule has 0 aromatic heterocycles. The number of hydrogen-bond donors (Lipinski definition) is 1. The zero-order valence-corrected chi connectivity index (χ0v) is 9.41. The second-order valence-corrected chi connectivity index (χ2v) is 3.69. The highest BCUT2D eigenvalue weighted by Crippen LogP contribution is 2.11. The molecule has 2 heteroatoms. The van der Waals surface area contributed by atoms with Crippen molar-refractivity contribution in [2.24, 2.45) is 5.73 Å². The quantitative estimate of drug-likeness (QED) is 0.549. The topological polar surface area (TPSA) is 35.2 Å². The fourth-order valence-electron chi connectivity index (χ4n) is 1.42. The van der Waals surface area contributed by atoms with E-state index in [-0.39, 0.29) is 6.23 Å². The Morgan fingerprint density at radius 1 is 1.27 bits per heavy atom. The second kappa shape index (κ2) is 7.43. The second-order valence-electron chi connectivity index (χ2n) is 3.69. The minimum Gasteiger partial charge on any atom is -0.359 e. The van der Waals surface area contributed by atoms with Crippen molar-refractivity contribution in [1.82, 2.24) is 0 Å². The zero-order chi connectivity index (χ0) is 10.9. The summed E-state index contributed by atoms with van der Waals surface area (Å²) in [7, 11) is 0. The van der Waals surface area contributed by atoms with Gasteiger partial charge in [0, 0.05) is 6.61 Å². The molecule has 2 nitrogen and oxygen atoms in total. The molecule has 83 valence electrons. The van der Waals surface area contributed by atoms with Crippen molar-refractivity contribution in [2.75, 3.05) is 6.61 Å². The van der Waals surface area contributed by atoms with E-state index in [0.29, 0.717) is 0 Å². The summed E-state index contributed by atoms with van der Waals surface area (Å²) >= 11 is 0. The Bertz CT molecular complexity index is 248. The van der Waals surface area contributed by atoms with Crippen LogP contribution in [0.1, 0.15) is 44.4 Å². The van der Waals surface area contributed by atoms with Crippen molar-refractivity contribution in [3.63, 3.8) is 0 Å². The van der Waals surface area contributed by atoms with Gasteiger partial charge in [0.25, 0.3) is 0 Å². The standard InChI is InChI=1S/C13H20NO/c1-2-3-4-8-11-15-13(14)12-9-6-5-7-10-12/h6-7,9-10,13H,2-4,8,11,14H2,1H3. The van der Waals surface area contributed by atoms with Crippen LogP contribution in [0.2, 0.25) is 0 Å². The normalized spacial score (nSPS) is 12.7. The molecule has 2 N–H and O–H groups in total. The summed E-state index contributed by atoms with van der Waals surface area (Å²) < 4.78 is 5.54. The lowest BCUT2D eigenvalue weighted by molar-refractivity contribution is 0.0544. The van der Waals surface area contributed by atoms with Gasteiger partial charge in [-0.2, -0.15) is 0 Å². The van der Waals surface area contributed by atoms with E-state index < -0.39 is 0 Å². The molecule has 1 unspecified atom stereocenters. The molecule has 0 aliphatic carbocycles. The molecule has 0 fully saturated rings. The molecule has 0 aliphatic rings. The predicted octanol–water partition coefficient (Wildman–Crippen LogP) is 3.04. The van der Waals surface area contributed by atoms with Crippen LogP contribution in [0.3, 0.4) is 0 Å². The first kappa shape index (κ1) is 12.2. The molecular weight excluding hydrogens is 186 g/mol. The van der Waals surface area contributed by atoms with Crippen LogP contribution < -0.4 is 5.73 Å². The highest BCUT2D eigenvalue weighted by molar-refractivity contribution is 5.15. The zero-order valence-electron chi connectivity index (χ0n) is 9.41. The van der Waals surface area contributed by atoms with E-state index in [1.54, 1.807) is 0 Å². The predicted molar refractivity (Wildman–Crippen MR) is 62.3 cm³/mol. The molecule has 0 heterocycles. The first-order valence-electron chi connectivity index (χ1n) is 5.67. The number of ether oxygens (including phenoxy) is 1. The highest BCUT2D eigenvalue weighted by atomic mass is 16.5. The van der Waals surface area contributed by atoms with Gasteiger partial charge in [0.05, 0.1) is 0 Å². The third kappa shape index (κ3) is 4.96. The van der Waals surface area contributed by atoms with Crippen LogP contribution in [0.4, 0.5) is 0 Å². The van der Waals surface area contributed by atoms with Crippen molar-refractivity contribution in [1.29, 1.82) is 0 Å². The minimum absolute atomic E-state index is 0.291. The van der Waals surface area contributed by atoms with Crippen molar-refractivity contribution in [3.05, 3.63) is 35.9 Å². The highest BCUT2D eigenvalue weighted by Gasteiger charge is 2.03. The number of benzene rings is 1. The molecule has 1 rings (SSSR count). The van der Waals surface area contributed by atoms with Crippen molar-refractivity contribution >= 4 is 0 Å². The Hall–Kier alpha value is -0.860. The Kier molecular flexibility index (Phi) is 6.05. The summed E-state index contributed by atoms with van der Waals surface area (Å²) in [6, 6.07) is 10.6. The maximum Gasteiger partial charge on any atom is 0.131 e. The van der Waals surface area contributed by atoms with E-state index in [9.17, 15) is 0 Å². The maximum atomic E-state index is 5.87. The summed E-state index contributed by atoms with van der Waals surface area (Å²) in [6.07, 6.45) is 4.56. The van der Waals surface area contributed by atoms with Gasteiger partial charge in [0.2, 0.25) is 0 Å². The monoisotopic (exact) mass is 206 g/mol. The van der Waals surface area contributed by atoms with Crippen molar-refractivity contribution in [2.45, 2.75) is 38.8 Å². The molecule has 0 spiro atoms. The molecule has 0 bridgehead atoms. The Morgan fingerprint density at radius 3 is 2.67 bits per heavy atom. The largest absolute Gasteiger partial charge is 0.359 e. The van der Waals surface area contributed by atoms with Crippen LogP contribution >= 0.6 is 0 Å². The van der Waals surface area contributed by atoms with E-state index in [1.807, 2.05) is 24.3 Å². The maximum absolute atomic E-state index is 5.87. The fraction of sp³-hybridized carbons (Fsp3) is 0.538. The van der Waals surface area contributed by atoms with Crippen molar-refractivity contribution < 1.29 is 4.74 Å². The van der Waals surface area contributed by atoms with Gasteiger partial charge in [0.15, 0.2) is 0 Å². The first-order valence-corrected chi connectivity index (χ1v) is 5.67. The summed E-state index contributed by atoms with van der Waals surface area (Å²) in [5, 5.41) is 0. The Balaban J connectivity index is 2.16. The summed E-state index contributed by atoms with van der Waals surface area (Å²) in [5.74, 6) is 0. The number of rotatable bonds is 7. The molecule has 0 aliphatic heterocycles. The van der Waals surface area contributed by atoms with Crippen molar-refractivity contribution in [3.8, 4) is 0 Å². The average Bonchev–Trinajstić information content (AvgIpc) is 2.30. The average molecular weight is 206 g/mol. The van der Waals surface area contributed by atoms with Crippen LogP contribution in [0.15, 0.2) is 24.3 Å². The summed E-state index contributed by atoms with van der Waals surface area (Å²) in [6.45, 7) is 2.95. The smallest absolute Gasteiger partial charge is 0.131 e. The molecule has 0 saturated carbocycles. The van der Waals surface area contributed by atoms with E-state index in [0.717, 1.165) is 18.6 Å². The summed E-state index contributed by atoms with van der Waals surface area (Å²) in [4.78, 5) is 0. The molecule has 1 aromatic rings. The number of nitrogens with two attached hydrogens (primary N) is 1. The van der Waals surface area contributed by atoms with Gasteiger partial charge in [-0.1, -0.05) is 50.5 Å². The van der Waals surface area contributed by atoms with Gasteiger partial charge < -0.3 is 10.5 Å². The molecule has 0 amide bonds. The molecule has 1 aromatic carbocycles. The van der Waals surface area contributed by atoms with Gasteiger partial charge >= 0.3 is 0 Å². The SMILES string of the molecule is CCCCCCOC(N)c1cc[c]cc1. The first-order chi connectivity index (χ1) is 7.34. The van der Waals surface area contributed by atoms with Crippen LogP contribution in [-0.2, 0) is 4.74 Å². The van der Waals surface area contributed by atoms with Gasteiger partial charge in [-0.05, 0) is 18.1 Å². The lowest BCUT2D eigenvalue weighted by Gasteiger charge is -2.12.